The minimum Gasteiger partial charge on any atom is -0.346 e. The molecule has 0 aromatic heterocycles. The third kappa shape index (κ3) is 8.36. The molecule has 0 saturated carbocycles. The van der Waals surface area contributed by atoms with Crippen LogP contribution in [0.25, 0.3) is 0 Å². The van der Waals surface area contributed by atoms with E-state index in [9.17, 15) is 9.59 Å². The van der Waals surface area contributed by atoms with Crippen molar-refractivity contribution >= 4 is 18.0 Å². The van der Waals surface area contributed by atoms with Gasteiger partial charge in [0.25, 0.3) is 5.91 Å². The summed E-state index contributed by atoms with van der Waals surface area (Å²) in [7, 11) is 0. The molecular weight excluding hydrogens is 434 g/mol. The van der Waals surface area contributed by atoms with Gasteiger partial charge in [0, 0.05) is 12.1 Å². The van der Waals surface area contributed by atoms with Gasteiger partial charge in [-0.3, -0.25) is 9.59 Å². The molecule has 0 fully saturated rings. The maximum atomic E-state index is 13.0. The summed E-state index contributed by atoms with van der Waals surface area (Å²) in [6.07, 6.45) is 10.7. The molecule has 0 saturated heterocycles. The highest BCUT2D eigenvalue weighted by molar-refractivity contribution is 5.90. The lowest BCUT2D eigenvalue weighted by atomic mass is 9.80. The van der Waals surface area contributed by atoms with E-state index in [-0.39, 0.29) is 18.4 Å². The van der Waals surface area contributed by atoms with Crippen molar-refractivity contribution in [3.63, 3.8) is 0 Å². The molecule has 0 radical (unpaired) electrons. The predicted octanol–water partition coefficient (Wildman–Crippen LogP) is 5.76. The number of benzene rings is 2. The zero-order valence-corrected chi connectivity index (χ0v) is 21.0. The summed E-state index contributed by atoms with van der Waals surface area (Å²) in [5.41, 5.74) is 7.21. The van der Waals surface area contributed by atoms with E-state index in [0.29, 0.717) is 11.8 Å². The molecule has 2 N–H and O–H groups in total. The zero-order chi connectivity index (χ0) is 25.0. The van der Waals surface area contributed by atoms with Crippen molar-refractivity contribution in [3.8, 4) is 0 Å². The molecule has 5 heteroatoms. The fourth-order valence-corrected chi connectivity index (χ4v) is 4.44. The Morgan fingerprint density at radius 1 is 1.03 bits per heavy atom. The van der Waals surface area contributed by atoms with E-state index >= 15 is 0 Å². The monoisotopic (exact) mass is 471 g/mol. The molecule has 5 nitrogen and oxygen atoms in total. The van der Waals surface area contributed by atoms with E-state index in [1.54, 1.807) is 0 Å². The molecular formula is C30H37N3O2. The molecule has 0 spiro atoms. The van der Waals surface area contributed by atoms with Crippen molar-refractivity contribution < 1.29 is 9.59 Å². The van der Waals surface area contributed by atoms with Crippen LogP contribution in [0.2, 0.25) is 0 Å². The number of allylic oxidation sites excluding steroid dienone is 4. The molecule has 2 aromatic carbocycles. The summed E-state index contributed by atoms with van der Waals surface area (Å²) in [6.45, 7) is 6.38. The number of hydrazone groups is 1. The van der Waals surface area contributed by atoms with Gasteiger partial charge in [0.05, 0.1) is 12.5 Å². The molecule has 0 aliphatic heterocycles. The third-order valence-electron chi connectivity index (χ3n) is 6.42. The van der Waals surface area contributed by atoms with Gasteiger partial charge in [-0.25, -0.2) is 5.43 Å². The van der Waals surface area contributed by atoms with Crippen molar-refractivity contribution in [2.45, 2.75) is 52.4 Å². The van der Waals surface area contributed by atoms with Crippen LogP contribution >= 0.6 is 0 Å². The summed E-state index contributed by atoms with van der Waals surface area (Å²) < 4.78 is 0. The predicted molar refractivity (Wildman–Crippen MR) is 143 cm³/mol. The highest BCUT2D eigenvalue weighted by Gasteiger charge is 2.23. The van der Waals surface area contributed by atoms with Gasteiger partial charge in [0.1, 0.15) is 0 Å². The standard InChI is InChI=1S/C30H37N3O2/c1-22(2)11-10-12-24-17-18-27(23(3)19-24)20-32-33-28(34)21-31-30(35)29(25-13-6-4-7-14-25)26-15-8-5-9-16-26/h4-9,11,13-17,20,23,27,29H,10,12,18-19,21H2,1-3H3,(H,31,35)(H,33,34)/b32-20+. The number of hydrogen-bond donors (Lipinski definition) is 2. The van der Waals surface area contributed by atoms with Gasteiger partial charge in [-0.1, -0.05) is 90.9 Å². The van der Waals surface area contributed by atoms with E-state index < -0.39 is 5.92 Å². The Kier molecular flexibility index (Phi) is 10.0. The van der Waals surface area contributed by atoms with Gasteiger partial charge in [0.15, 0.2) is 0 Å². The Hall–Kier alpha value is -3.47. The molecule has 1 aliphatic carbocycles. The molecule has 3 rings (SSSR count). The Balaban J connectivity index is 1.49. The first-order chi connectivity index (χ1) is 16.9. The summed E-state index contributed by atoms with van der Waals surface area (Å²) in [4.78, 5) is 25.4. The van der Waals surface area contributed by atoms with Crippen molar-refractivity contribution in [2.24, 2.45) is 16.9 Å². The normalized spacial score (nSPS) is 17.7. The zero-order valence-electron chi connectivity index (χ0n) is 21.0. The lowest BCUT2D eigenvalue weighted by Gasteiger charge is -2.25. The molecule has 2 aromatic rings. The smallest absolute Gasteiger partial charge is 0.259 e. The molecule has 1 aliphatic rings. The Morgan fingerprint density at radius 3 is 2.23 bits per heavy atom. The van der Waals surface area contributed by atoms with Crippen LogP contribution in [-0.4, -0.2) is 24.6 Å². The van der Waals surface area contributed by atoms with Gasteiger partial charge in [0.2, 0.25) is 5.91 Å². The van der Waals surface area contributed by atoms with Crippen LogP contribution in [0.3, 0.4) is 0 Å². The van der Waals surface area contributed by atoms with Crippen molar-refractivity contribution in [2.75, 3.05) is 6.54 Å². The van der Waals surface area contributed by atoms with Crippen LogP contribution in [-0.2, 0) is 9.59 Å². The largest absolute Gasteiger partial charge is 0.346 e. The summed E-state index contributed by atoms with van der Waals surface area (Å²) in [5.74, 6) is -0.240. The van der Waals surface area contributed by atoms with Crippen LogP contribution in [0.5, 0.6) is 0 Å². The third-order valence-corrected chi connectivity index (χ3v) is 6.42. The molecule has 2 unspecified atom stereocenters. The van der Waals surface area contributed by atoms with Gasteiger partial charge >= 0.3 is 0 Å². The fourth-order valence-electron chi connectivity index (χ4n) is 4.44. The number of rotatable bonds is 10. The maximum Gasteiger partial charge on any atom is 0.259 e. The molecule has 0 heterocycles. The first kappa shape index (κ1) is 26.1. The minimum absolute atomic E-state index is 0.124. The first-order valence-electron chi connectivity index (χ1n) is 12.4. The first-order valence-corrected chi connectivity index (χ1v) is 12.4. The number of nitrogens with zero attached hydrogens (tertiary/aromatic N) is 1. The average molecular weight is 472 g/mol. The fraction of sp³-hybridized carbons (Fsp3) is 0.367. The molecule has 184 valence electrons. The van der Waals surface area contributed by atoms with Crippen molar-refractivity contribution in [1.82, 2.24) is 10.7 Å². The lowest BCUT2D eigenvalue weighted by molar-refractivity contribution is -0.126. The number of amides is 2. The number of hydrogen-bond acceptors (Lipinski definition) is 3. The van der Waals surface area contributed by atoms with Crippen molar-refractivity contribution in [3.05, 3.63) is 95.1 Å². The Morgan fingerprint density at radius 2 is 1.66 bits per heavy atom. The average Bonchev–Trinajstić information content (AvgIpc) is 2.85. The molecule has 35 heavy (non-hydrogen) atoms. The van der Waals surface area contributed by atoms with Crippen LogP contribution in [0.1, 0.15) is 63.5 Å². The SMILES string of the molecule is CC(C)=CCCC1=CCC(/C=N/NC(=O)CNC(=O)C(c2ccccc2)c2ccccc2)C(C)C1. The summed E-state index contributed by atoms with van der Waals surface area (Å²) in [5, 5.41) is 6.95. The lowest BCUT2D eigenvalue weighted by Crippen LogP contribution is -2.38. The van der Waals surface area contributed by atoms with Gasteiger partial charge < -0.3 is 5.32 Å². The Bertz CT molecular complexity index is 1010. The molecule has 2 amide bonds. The van der Waals surface area contributed by atoms with Crippen LogP contribution < -0.4 is 10.7 Å². The highest BCUT2D eigenvalue weighted by Crippen LogP contribution is 2.30. The Labute approximate surface area is 209 Å². The summed E-state index contributed by atoms with van der Waals surface area (Å²) in [6, 6.07) is 19.2. The minimum atomic E-state index is -0.477. The van der Waals surface area contributed by atoms with Crippen LogP contribution in [0.4, 0.5) is 0 Å². The second-order valence-electron chi connectivity index (χ2n) is 9.55. The van der Waals surface area contributed by atoms with Gasteiger partial charge in [-0.05, 0) is 56.6 Å². The van der Waals surface area contributed by atoms with Crippen molar-refractivity contribution in [1.29, 1.82) is 0 Å². The van der Waals surface area contributed by atoms with E-state index in [4.69, 9.17) is 0 Å². The van der Waals surface area contributed by atoms with E-state index in [0.717, 1.165) is 36.8 Å². The summed E-state index contributed by atoms with van der Waals surface area (Å²) >= 11 is 0. The quantitative estimate of drug-likeness (QED) is 0.263. The van der Waals surface area contributed by atoms with Crippen LogP contribution in [0, 0.1) is 11.8 Å². The topological polar surface area (TPSA) is 70.6 Å². The number of carbonyl (C=O) groups excluding carboxylic acids is 2. The van der Waals surface area contributed by atoms with Gasteiger partial charge in [-0.15, -0.1) is 0 Å². The highest BCUT2D eigenvalue weighted by atomic mass is 16.2. The number of nitrogens with one attached hydrogen (secondary N) is 2. The van der Waals surface area contributed by atoms with Gasteiger partial charge in [-0.2, -0.15) is 5.10 Å². The molecule has 2 atom stereocenters. The maximum absolute atomic E-state index is 13.0. The van der Waals surface area contributed by atoms with Crippen LogP contribution in [0.15, 0.2) is 89.1 Å². The van der Waals surface area contributed by atoms with E-state index in [2.05, 4.69) is 48.8 Å². The second-order valence-corrected chi connectivity index (χ2v) is 9.55. The second kappa shape index (κ2) is 13.4. The van der Waals surface area contributed by atoms with E-state index in [1.807, 2.05) is 66.9 Å². The van der Waals surface area contributed by atoms with E-state index in [1.165, 1.54) is 11.1 Å². The number of carbonyl (C=O) groups is 2. The molecule has 0 bridgehead atoms.